The first kappa shape index (κ1) is 33.1. The predicted octanol–water partition coefficient (Wildman–Crippen LogP) is 3.36. The predicted molar refractivity (Wildman–Crippen MR) is 163 cm³/mol. The lowest BCUT2D eigenvalue weighted by atomic mass is 9.85. The Bertz CT molecular complexity index is 1330. The minimum absolute atomic E-state index is 0.0805. The molecule has 2 aromatic rings. The monoisotopic (exact) mass is 593 g/mol. The van der Waals surface area contributed by atoms with E-state index in [0.717, 1.165) is 5.56 Å². The number of nitrogens with zero attached hydrogens (tertiary/aromatic N) is 2. The minimum atomic E-state index is -1.02. The van der Waals surface area contributed by atoms with Crippen LogP contribution in [0.4, 0.5) is 10.5 Å². The van der Waals surface area contributed by atoms with E-state index in [-0.39, 0.29) is 31.3 Å². The largest absolute Gasteiger partial charge is 0.444 e. The van der Waals surface area contributed by atoms with Crippen LogP contribution in [0, 0.1) is 5.41 Å². The van der Waals surface area contributed by atoms with E-state index < -0.39 is 47.0 Å². The van der Waals surface area contributed by atoms with Gasteiger partial charge < -0.3 is 30.9 Å². The van der Waals surface area contributed by atoms with Gasteiger partial charge in [-0.25, -0.2) is 4.79 Å². The molecule has 0 bridgehead atoms. The van der Waals surface area contributed by atoms with Crippen LogP contribution in [0.15, 0.2) is 54.6 Å². The van der Waals surface area contributed by atoms with E-state index in [9.17, 15) is 24.0 Å². The summed E-state index contributed by atoms with van der Waals surface area (Å²) in [6, 6.07) is 13.3. The molecule has 232 valence electrons. The zero-order valence-corrected chi connectivity index (χ0v) is 26.0. The summed E-state index contributed by atoms with van der Waals surface area (Å²) < 4.78 is 5.43. The first-order chi connectivity index (χ1) is 20.0. The highest BCUT2D eigenvalue weighted by molar-refractivity contribution is 6.01. The number of hydrogen-bond acceptors (Lipinski definition) is 6. The van der Waals surface area contributed by atoms with Crippen molar-refractivity contribution in [3.8, 4) is 0 Å². The van der Waals surface area contributed by atoms with Crippen LogP contribution in [0.1, 0.15) is 70.8 Å². The number of hydrogen-bond donors (Lipinski definition) is 3. The van der Waals surface area contributed by atoms with E-state index in [1.165, 1.54) is 11.8 Å². The molecule has 1 aliphatic heterocycles. The molecule has 0 aliphatic carbocycles. The van der Waals surface area contributed by atoms with Crippen molar-refractivity contribution in [1.82, 2.24) is 15.5 Å². The highest BCUT2D eigenvalue weighted by Gasteiger charge is 2.46. The zero-order valence-electron chi connectivity index (χ0n) is 26.0. The summed E-state index contributed by atoms with van der Waals surface area (Å²) in [5.41, 5.74) is 5.56. The molecule has 4 N–H and O–H groups in total. The molecule has 1 aliphatic rings. The molecule has 11 nitrogen and oxygen atoms in total. The molecule has 0 spiro atoms. The molecule has 1 saturated heterocycles. The molecule has 0 radical (unpaired) electrons. The van der Waals surface area contributed by atoms with Crippen molar-refractivity contribution >= 4 is 35.4 Å². The van der Waals surface area contributed by atoms with E-state index in [1.54, 1.807) is 49.9 Å². The van der Waals surface area contributed by atoms with Gasteiger partial charge >= 0.3 is 6.09 Å². The van der Waals surface area contributed by atoms with Crippen molar-refractivity contribution < 1.29 is 28.7 Å². The van der Waals surface area contributed by atoms with Gasteiger partial charge in [-0.2, -0.15) is 0 Å². The molecule has 5 amide bonds. The maximum absolute atomic E-state index is 14.4. The molecule has 11 heteroatoms. The van der Waals surface area contributed by atoms with Gasteiger partial charge in [-0.1, -0.05) is 51.1 Å². The lowest BCUT2D eigenvalue weighted by molar-refractivity contribution is -0.141. The van der Waals surface area contributed by atoms with Gasteiger partial charge in [0.25, 0.3) is 0 Å². The zero-order chi connectivity index (χ0) is 32.1. The summed E-state index contributed by atoms with van der Waals surface area (Å²) in [7, 11) is 0. The summed E-state index contributed by atoms with van der Waals surface area (Å²) in [4.78, 5) is 68.0. The second-order valence-electron chi connectivity index (χ2n) is 12.9. The van der Waals surface area contributed by atoms with Gasteiger partial charge in [-0.05, 0) is 62.4 Å². The standard InChI is InChI=1S/C32H43N5O6/c1-20(38)34-23-17-25(37(19-23)29(41)26(31(2,3)4)35-30(42)43-32(5,6)7)28(40)36(18-21-11-9-8-10-12-21)24-15-13-22(14-16-24)27(33)39/h8-16,23,25-26H,17-19H2,1-7H3,(H2,33,39)(H,34,38)(H,35,42)/t23-,25+,26-/m1/s1. The third-order valence-electron chi connectivity index (χ3n) is 6.96. The number of ether oxygens (including phenoxy) is 1. The molecule has 2 aromatic carbocycles. The fourth-order valence-electron chi connectivity index (χ4n) is 4.99. The molecule has 3 atom stereocenters. The Hall–Kier alpha value is -4.41. The number of amides is 5. The molecule has 3 rings (SSSR count). The fraction of sp³-hybridized carbons (Fsp3) is 0.469. The third-order valence-corrected chi connectivity index (χ3v) is 6.96. The fourth-order valence-corrected chi connectivity index (χ4v) is 4.99. The highest BCUT2D eigenvalue weighted by atomic mass is 16.6. The Morgan fingerprint density at radius 1 is 0.977 bits per heavy atom. The number of carbonyl (C=O) groups is 5. The van der Waals surface area contributed by atoms with Crippen LogP contribution in [0.5, 0.6) is 0 Å². The van der Waals surface area contributed by atoms with Gasteiger partial charge in [0.15, 0.2) is 0 Å². The smallest absolute Gasteiger partial charge is 0.408 e. The van der Waals surface area contributed by atoms with Gasteiger partial charge in [-0.3, -0.25) is 19.2 Å². The van der Waals surface area contributed by atoms with Gasteiger partial charge in [0, 0.05) is 30.8 Å². The van der Waals surface area contributed by atoms with Gasteiger partial charge in [0.05, 0.1) is 6.54 Å². The van der Waals surface area contributed by atoms with Gasteiger partial charge in [0.1, 0.15) is 17.7 Å². The van der Waals surface area contributed by atoms with Crippen LogP contribution in [-0.2, 0) is 25.7 Å². The number of likely N-dealkylation sites (tertiary alicyclic amines) is 1. The lowest BCUT2D eigenvalue weighted by Crippen LogP contribution is -2.58. The quantitative estimate of drug-likeness (QED) is 0.427. The topological polar surface area (TPSA) is 151 Å². The first-order valence-electron chi connectivity index (χ1n) is 14.3. The van der Waals surface area contributed by atoms with E-state index in [4.69, 9.17) is 10.5 Å². The number of rotatable bonds is 8. The molecule has 1 fully saturated rings. The van der Waals surface area contributed by atoms with Crippen LogP contribution in [-0.4, -0.2) is 64.9 Å². The highest BCUT2D eigenvalue weighted by Crippen LogP contribution is 2.29. The van der Waals surface area contributed by atoms with Crippen molar-refractivity contribution in [1.29, 1.82) is 0 Å². The number of anilines is 1. The number of primary amides is 1. The van der Waals surface area contributed by atoms with E-state index in [1.807, 2.05) is 51.1 Å². The summed E-state index contributed by atoms with van der Waals surface area (Å²) >= 11 is 0. The van der Waals surface area contributed by atoms with Gasteiger partial charge in [-0.15, -0.1) is 0 Å². The summed E-state index contributed by atoms with van der Waals surface area (Å²) in [6.45, 7) is 12.3. The van der Waals surface area contributed by atoms with E-state index >= 15 is 0 Å². The van der Waals surface area contributed by atoms with E-state index in [2.05, 4.69) is 10.6 Å². The summed E-state index contributed by atoms with van der Waals surface area (Å²) in [5, 5.41) is 5.56. The maximum Gasteiger partial charge on any atom is 0.408 e. The molecular weight excluding hydrogens is 550 g/mol. The number of benzene rings is 2. The minimum Gasteiger partial charge on any atom is -0.444 e. The number of alkyl carbamates (subject to hydrolysis) is 1. The molecular formula is C32H43N5O6. The Kier molecular flexibility index (Phi) is 10.2. The molecule has 0 unspecified atom stereocenters. The summed E-state index contributed by atoms with van der Waals surface area (Å²) in [6.07, 6.45) is -0.570. The van der Waals surface area contributed by atoms with E-state index in [0.29, 0.717) is 11.3 Å². The maximum atomic E-state index is 14.4. The van der Waals surface area contributed by atoms with Crippen molar-refractivity contribution in [2.45, 2.75) is 85.2 Å². The lowest BCUT2D eigenvalue weighted by Gasteiger charge is -2.37. The van der Waals surface area contributed by atoms with Crippen LogP contribution in [0.2, 0.25) is 0 Å². The number of nitrogens with one attached hydrogen (secondary N) is 2. The summed E-state index contributed by atoms with van der Waals surface area (Å²) in [5.74, 6) is -1.72. The molecule has 1 heterocycles. The van der Waals surface area contributed by atoms with Crippen LogP contribution < -0.4 is 21.3 Å². The Morgan fingerprint density at radius 2 is 1.58 bits per heavy atom. The Labute approximate surface area is 253 Å². The number of carbonyl (C=O) groups excluding carboxylic acids is 5. The van der Waals surface area contributed by atoms with Crippen LogP contribution in [0.25, 0.3) is 0 Å². The van der Waals surface area contributed by atoms with Crippen molar-refractivity contribution in [3.63, 3.8) is 0 Å². The first-order valence-corrected chi connectivity index (χ1v) is 14.3. The normalized spacial score (nSPS) is 17.5. The average molecular weight is 594 g/mol. The molecule has 0 saturated carbocycles. The third kappa shape index (κ3) is 9.04. The van der Waals surface area contributed by atoms with Gasteiger partial charge in [0.2, 0.25) is 23.6 Å². The Balaban J connectivity index is 2.02. The van der Waals surface area contributed by atoms with Crippen molar-refractivity contribution in [3.05, 3.63) is 65.7 Å². The number of nitrogens with two attached hydrogens (primary N) is 1. The van der Waals surface area contributed by atoms with Crippen molar-refractivity contribution in [2.24, 2.45) is 11.1 Å². The Morgan fingerprint density at radius 3 is 2.09 bits per heavy atom. The van der Waals surface area contributed by atoms with Crippen molar-refractivity contribution in [2.75, 3.05) is 11.4 Å². The SMILES string of the molecule is CC(=O)N[C@@H]1C[C@@H](C(=O)N(Cc2ccccc2)c2ccc(C(N)=O)cc2)N(C(=O)[C@@H](NC(=O)OC(C)(C)C)C(C)(C)C)C1. The second kappa shape index (κ2) is 13.3. The second-order valence-corrected chi connectivity index (χ2v) is 12.9. The molecule has 43 heavy (non-hydrogen) atoms. The molecule has 0 aromatic heterocycles. The van der Waals surface area contributed by atoms with Crippen LogP contribution in [0.3, 0.4) is 0 Å². The van der Waals surface area contributed by atoms with Crippen LogP contribution >= 0.6 is 0 Å². The average Bonchev–Trinajstić information content (AvgIpc) is 3.32.